The fourth-order valence-electron chi connectivity index (χ4n) is 6.52. The number of rotatable bonds is 4. The van der Waals surface area contributed by atoms with E-state index >= 15 is 0 Å². The van der Waals surface area contributed by atoms with Gasteiger partial charge in [-0.15, -0.1) is 0 Å². The lowest BCUT2D eigenvalue weighted by atomic mass is 9.98. The van der Waals surface area contributed by atoms with Gasteiger partial charge in [-0.1, -0.05) is 5.16 Å². The number of benzene rings is 2. The molecule has 43 heavy (non-hydrogen) atoms. The lowest BCUT2D eigenvalue weighted by Gasteiger charge is -2.36. The maximum absolute atomic E-state index is 13.8. The average Bonchev–Trinajstić information content (AvgIpc) is 3.51. The summed E-state index contributed by atoms with van der Waals surface area (Å²) in [4.78, 5) is 28.8. The highest BCUT2D eigenvalue weighted by Crippen LogP contribution is 2.46. The second-order valence-corrected chi connectivity index (χ2v) is 11.5. The molecule has 7 rings (SSSR count). The third-order valence-corrected chi connectivity index (χ3v) is 8.20. The molecule has 11 heteroatoms. The Bertz CT molecular complexity index is 1880. The maximum atomic E-state index is 13.8. The predicted octanol–water partition coefficient (Wildman–Crippen LogP) is 4.96. The Kier molecular flexibility index (Phi) is 6.50. The van der Waals surface area contributed by atoms with Crippen LogP contribution >= 0.6 is 0 Å². The van der Waals surface area contributed by atoms with Gasteiger partial charge >= 0.3 is 0 Å². The van der Waals surface area contributed by atoms with E-state index in [1.54, 1.807) is 7.11 Å². The van der Waals surface area contributed by atoms with Crippen molar-refractivity contribution in [1.29, 1.82) is 0 Å². The van der Waals surface area contributed by atoms with Crippen molar-refractivity contribution in [3.05, 3.63) is 47.1 Å². The van der Waals surface area contributed by atoms with Crippen molar-refractivity contribution in [2.45, 2.75) is 46.7 Å². The van der Waals surface area contributed by atoms with Crippen LogP contribution in [0.5, 0.6) is 17.2 Å². The summed E-state index contributed by atoms with van der Waals surface area (Å²) < 4.78 is 23.7. The van der Waals surface area contributed by atoms with Crippen LogP contribution in [-0.4, -0.2) is 76.4 Å². The molecule has 1 fully saturated rings. The van der Waals surface area contributed by atoms with Crippen LogP contribution in [0.3, 0.4) is 0 Å². The van der Waals surface area contributed by atoms with Crippen LogP contribution in [0.1, 0.15) is 41.5 Å². The minimum Gasteiger partial charge on any atom is -0.496 e. The average molecular weight is 583 g/mol. The van der Waals surface area contributed by atoms with Crippen molar-refractivity contribution in [3.8, 4) is 39.6 Å². The molecule has 2 unspecified atom stereocenters. The van der Waals surface area contributed by atoms with E-state index in [2.05, 4.69) is 29.3 Å². The number of piperazine rings is 1. The number of methoxy groups -OCH3 is 1. The number of aromatic amines is 1. The van der Waals surface area contributed by atoms with Gasteiger partial charge in [-0.2, -0.15) is 0 Å². The number of fused-ring (bicyclic) bond motifs is 4. The van der Waals surface area contributed by atoms with E-state index in [-0.39, 0.29) is 18.0 Å². The highest BCUT2D eigenvalue weighted by molar-refractivity contribution is 6.14. The summed E-state index contributed by atoms with van der Waals surface area (Å²) in [7, 11) is 1.65. The first kappa shape index (κ1) is 27.2. The number of H-pyrrole nitrogens is 1. The summed E-state index contributed by atoms with van der Waals surface area (Å²) in [5, 5.41) is 9.34. The third-order valence-electron chi connectivity index (χ3n) is 8.20. The van der Waals surface area contributed by atoms with Gasteiger partial charge in [-0.3, -0.25) is 4.79 Å². The van der Waals surface area contributed by atoms with Crippen LogP contribution in [0, 0.1) is 20.8 Å². The van der Waals surface area contributed by atoms with E-state index in [0.717, 1.165) is 38.7 Å². The van der Waals surface area contributed by atoms with E-state index in [1.807, 2.05) is 49.9 Å². The molecule has 0 radical (unpaired) electrons. The van der Waals surface area contributed by atoms with E-state index < -0.39 is 0 Å². The Balaban J connectivity index is 1.41. The van der Waals surface area contributed by atoms with Crippen molar-refractivity contribution in [2.24, 2.45) is 0 Å². The molecule has 2 N–H and O–H groups in total. The Morgan fingerprint density at radius 3 is 2.44 bits per heavy atom. The molecule has 3 aromatic heterocycles. The quantitative estimate of drug-likeness (QED) is 0.302. The Hall–Kier alpha value is -4.64. The smallest absolute Gasteiger partial charge is 0.257 e. The van der Waals surface area contributed by atoms with Gasteiger partial charge in [-0.05, 0) is 58.9 Å². The van der Waals surface area contributed by atoms with E-state index in [9.17, 15) is 4.79 Å². The van der Waals surface area contributed by atoms with Crippen LogP contribution in [0.4, 0.5) is 0 Å². The lowest BCUT2D eigenvalue weighted by molar-refractivity contribution is 0.0664. The molecule has 11 nitrogen and oxygen atoms in total. The van der Waals surface area contributed by atoms with Crippen molar-refractivity contribution in [3.63, 3.8) is 0 Å². The fraction of sp³-hybridized carbons (Fsp3) is 0.375. The largest absolute Gasteiger partial charge is 0.496 e. The molecule has 2 aliphatic heterocycles. The summed E-state index contributed by atoms with van der Waals surface area (Å²) in [6, 6.07) is 8.17. The summed E-state index contributed by atoms with van der Waals surface area (Å²) in [6.07, 6.45) is 0. The highest BCUT2D eigenvalue weighted by atomic mass is 16.6. The first-order chi connectivity index (χ1) is 20.7. The molecule has 0 bridgehead atoms. The van der Waals surface area contributed by atoms with Gasteiger partial charge in [0.1, 0.15) is 36.2 Å². The van der Waals surface area contributed by atoms with Gasteiger partial charge in [0.25, 0.3) is 5.91 Å². The SMILES string of the molecule is COc1cc2c(cc1-c1c(C)noc1C)[nH]c1nc(C)nc(-c3ccc(C(=O)N4CC(C)NC(C)C4)c4c3OCCO4)c12. The van der Waals surface area contributed by atoms with Gasteiger partial charge in [0.2, 0.25) is 0 Å². The standard InChI is InChI=1S/C32H34N6O5/c1-15-13-38(14-16(2)33-15)32(39)21-8-7-20(29-30(21)42-10-9-41-29)28-27-22-12-25(40-6)23(26-17(3)37-43-18(26)4)11-24(22)36-31(27)35-19(5)34-28/h7-8,11-12,15-16,33H,9-10,13-14H2,1-6H3,(H,34,35,36). The zero-order valence-electron chi connectivity index (χ0n) is 25.1. The minimum absolute atomic E-state index is 0.0683. The molecular formula is C32H34N6O5. The van der Waals surface area contributed by atoms with Crippen LogP contribution < -0.4 is 19.5 Å². The Morgan fingerprint density at radius 1 is 1.00 bits per heavy atom. The van der Waals surface area contributed by atoms with Crippen molar-refractivity contribution < 1.29 is 23.5 Å². The first-order valence-electron chi connectivity index (χ1n) is 14.5. The molecule has 0 aliphatic carbocycles. The number of hydrogen-bond acceptors (Lipinski definition) is 9. The second kappa shape index (κ2) is 10.3. The van der Waals surface area contributed by atoms with Gasteiger partial charge in [0, 0.05) is 47.2 Å². The number of nitrogens with one attached hydrogen (secondary N) is 2. The maximum Gasteiger partial charge on any atom is 0.257 e. The number of hydrogen-bond donors (Lipinski definition) is 2. The number of amides is 1. The number of carbonyl (C=O) groups is 1. The zero-order chi connectivity index (χ0) is 30.0. The Labute approximate surface area is 248 Å². The monoisotopic (exact) mass is 582 g/mol. The number of carbonyl (C=O) groups excluding carboxylic acids is 1. The van der Waals surface area contributed by atoms with Gasteiger partial charge in [-0.25, -0.2) is 9.97 Å². The van der Waals surface area contributed by atoms with Crippen LogP contribution in [-0.2, 0) is 0 Å². The van der Waals surface area contributed by atoms with Crippen molar-refractivity contribution in [2.75, 3.05) is 33.4 Å². The summed E-state index contributed by atoms with van der Waals surface area (Å²) in [5.74, 6) is 2.89. The van der Waals surface area contributed by atoms with Gasteiger partial charge in [0.05, 0.1) is 35.0 Å². The molecule has 5 heterocycles. The van der Waals surface area contributed by atoms with E-state index in [1.165, 1.54) is 0 Å². The first-order valence-corrected chi connectivity index (χ1v) is 14.5. The second-order valence-electron chi connectivity index (χ2n) is 11.5. The summed E-state index contributed by atoms with van der Waals surface area (Å²) >= 11 is 0. The summed E-state index contributed by atoms with van der Waals surface area (Å²) in [6.45, 7) is 11.8. The van der Waals surface area contributed by atoms with Crippen LogP contribution in [0.2, 0.25) is 0 Å². The van der Waals surface area contributed by atoms with Crippen molar-refractivity contribution in [1.82, 2.24) is 30.3 Å². The van der Waals surface area contributed by atoms with Gasteiger partial charge in [0.15, 0.2) is 11.5 Å². The number of aryl methyl sites for hydroxylation is 3. The van der Waals surface area contributed by atoms with Crippen LogP contribution in [0.15, 0.2) is 28.8 Å². The molecule has 1 saturated heterocycles. The fourth-order valence-corrected chi connectivity index (χ4v) is 6.52. The molecule has 0 saturated carbocycles. The topological polar surface area (TPSA) is 128 Å². The molecular weight excluding hydrogens is 548 g/mol. The summed E-state index contributed by atoms with van der Waals surface area (Å²) in [5.41, 5.74) is 6.02. The van der Waals surface area contributed by atoms with Gasteiger partial charge < -0.3 is 33.9 Å². The molecule has 2 aromatic carbocycles. The highest BCUT2D eigenvalue weighted by Gasteiger charge is 2.32. The van der Waals surface area contributed by atoms with E-state index in [0.29, 0.717) is 72.0 Å². The number of ether oxygens (including phenoxy) is 3. The molecule has 2 atom stereocenters. The molecule has 1 amide bonds. The molecule has 5 aromatic rings. The molecule has 0 spiro atoms. The Morgan fingerprint density at radius 2 is 1.74 bits per heavy atom. The number of aromatic nitrogens is 4. The lowest BCUT2D eigenvalue weighted by Crippen LogP contribution is -2.55. The normalized spacial score (nSPS) is 18.4. The van der Waals surface area contributed by atoms with E-state index in [4.69, 9.17) is 28.7 Å². The predicted molar refractivity (Wildman–Crippen MR) is 162 cm³/mol. The van der Waals surface area contributed by atoms with Crippen molar-refractivity contribution >= 4 is 27.8 Å². The van der Waals surface area contributed by atoms with Crippen LogP contribution in [0.25, 0.3) is 44.3 Å². The zero-order valence-corrected chi connectivity index (χ0v) is 25.1. The minimum atomic E-state index is -0.0683. The molecule has 2 aliphatic rings. The number of nitrogens with zero attached hydrogens (tertiary/aromatic N) is 4. The molecule has 222 valence electrons. The third kappa shape index (κ3) is 4.46.